The fourth-order valence-corrected chi connectivity index (χ4v) is 3.13. The summed E-state index contributed by atoms with van der Waals surface area (Å²) in [6, 6.07) is 12.4. The van der Waals surface area contributed by atoms with Gasteiger partial charge < -0.3 is 0 Å². The second kappa shape index (κ2) is 6.50. The fourth-order valence-electron chi connectivity index (χ4n) is 3.13. The second-order valence-corrected chi connectivity index (χ2v) is 6.97. The van der Waals surface area contributed by atoms with Gasteiger partial charge >= 0.3 is 0 Å². The molecule has 2 N–H and O–H groups in total. The highest BCUT2D eigenvalue weighted by Gasteiger charge is 2.27. The Labute approximate surface area is 151 Å². The molecule has 0 atom stereocenters. The molecule has 1 aliphatic rings. The van der Waals surface area contributed by atoms with E-state index in [1.807, 2.05) is 31.2 Å². The Hall–Kier alpha value is -2.79. The minimum Gasteiger partial charge on any atom is -0.273 e. The number of fused-ring (bicyclic) bond motifs is 1. The zero-order valence-corrected chi connectivity index (χ0v) is 14.6. The Morgan fingerprint density at radius 2 is 2.00 bits per heavy atom. The number of aromatic nitrogens is 1. The molecule has 0 unspecified atom stereocenters. The first-order valence-electron chi connectivity index (χ1n) is 8.75. The number of rotatable bonds is 4. The van der Waals surface area contributed by atoms with E-state index in [-0.39, 0.29) is 11.7 Å². The number of carbonyl (C=O) groups is 1. The van der Waals surface area contributed by atoms with Gasteiger partial charge in [-0.3, -0.25) is 4.79 Å². The van der Waals surface area contributed by atoms with Crippen molar-refractivity contribution >= 4 is 22.5 Å². The Morgan fingerprint density at radius 3 is 2.77 bits per heavy atom. The number of hydrazine groups is 1. The first-order valence-corrected chi connectivity index (χ1v) is 8.75. The van der Waals surface area contributed by atoms with Crippen LogP contribution in [0.15, 0.2) is 48.7 Å². The average molecular weight is 349 g/mol. The van der Waals surface area contributed by atoms with E-state index in [0.29, 0.717) is 18.2 Å². The number of nitrogens with zero attached hydrogens (tertiary/aromatic N) is 2. The lowest BCUT2D eigenvalue weighted by molar-refractivity contribution is -0.119. The van der Waals surface area contributed by atoms with Crippen LogP contribution in [0, 0.1) is 18.7 Å². The monoisotopic (exact) mass is 349 g/mol. The van der Waals surface area contributed by atoms with Crippen LogP contribution in [0.3, 0.4) is 0 Å². The van der Waals surface area contributed by atoms with E-state index in [0.717, 1.165) is 45.3 Å². The number of carbonyl (C=O) groups excluding carboxylic acids is 1. The highest BCUT2D eigenvalue weighted by molar-refractivity contribution is 5.95. The number of nitrogens with two attached hydrogens (primary N) is 1. The lowest BCUT2D eigenvalue weighted by Gasteiger charge is -2.16. The molecule has 4 rings (SSSR count). The topological polar surface area (TPSA) is 59.2 Å². The number of anilines is 1. The molecule has 1 aliphatic carbocycles. The number of amides is 1. The summed E-state index contributed by atoms with van der Waals surface area (Å²) < 4.78 is 13.6. The molecule has 5 heteroatoms. The van der Waals surface area contributed by atoms with Crippen molar-refractivity contribution in [3.8, 4) is 11.1 Å². The quantitative estimate of drug-likeness (QED) is 0.433. The van der Waals surface area contributed by atoms with Gasteiger partial charge in [0, 0.05) is 18.0 Å². The molecule has 1 aromatic heterocycles. The van der Waals surface area contributed by atoms with Crippen molar-refractivity contribution in [2.75, 3.05) is 5.01 Å². The Kier molecular flexibility index (Phi) is 4.17. The molecule has 1 heterocycles. The van der Waals surface area contributed by atoms with Gasteiger partial charge in [-0.1, -0.05) is 18.2 Å². The molecule has 1 amide bonds. The molecule has 4 nitrogen and oxygen atoms in total. The fraction of sp³-hybridized carbons (Fsp3) is 0.238. The van der Waals surface area contributed by atoms with Crippen LogP contribution in [0.25, 0.3) is 21.9 Å². The molecule has 0 radical (unpaired) electrons. The summed E-state index contributed by atoms with van der Waals surface area (Å²) in [4.78, 5) is 16.5. The predicted molar refractivity (Wildman–Crippen MR) is 101 cm³/mol. The van der Waals surface area contributed by atoms with Crippen LogP contribution in [0.5, 0.6) is 0 Å². The van der Waals surface area contributed by atoms with Crippen LogP contribution >= 0.6 is 0 Å². The van der Waals surface area contributed by atoms with Gasteiger partial charge in [0.15, 0.2) is 0 Å². The summed E-state index contributed by atoms with van der Waals surface area (Å²) in [6.07, 6.45) is 4.39. The lowest BCUT2D eigenvalue weighted by atomic mass is 9.98. The first-order chi connectivity index (χ1) is 12.5. The van der Waals surface area contributed by atoms with Crippen molar-refractivity contribution in [3.05, 3.63) is 60.0 Å². The minimum atomic E-state index is -0.257. The van der Waals surface area contributed by atoms with Crippen LogP contribution in [0.4, 0.5) is 10.2 Å². The van der Waals surface area contributed by atoms with Gasteiger partial charge in [0.25, 0.3) is 0 Å². The standard InChI is InChI=1S/C21H20FN3O/c1-13-2-7-18(22)11-19(13)16-6-5-15-10-20(24-12-17(15)9-16)25(23)21(26)8-14-3-4-14/h2,5-7,9-12,14H,3-4,8,23H2,1H3. The molecule has 132 valence electrons. The highest BCUT2D eigenvalue weighted by Crippen LogP contribution is 2.33. The summed E-state index contributed by atoms with van der Waals surface area (Å²) >= 11 is 0. The Balaban J connectivity index is 1.65. The average Bonchev–Trinajstić information content (AvgIpc) is 3.46. The SMILES string of the molecule is Cc1ccc(F)cc1-c1ccc2cc(N(N)C(=O)CC3CC3)ncc2c1. The highest BCUT2D eigenvalue weighted by atomic mass is 19.1. The Bertz CT molecular complexity index is 998. The van der Waals surface area contributed by atoms with Crippen LogP contribution in [-0.4, -0.2) is 10.9 Å². The molecule has 1 fully saturated rings. The summed E-state index contributed by atoms with van der Waals surface area (Å²) in [5, 5.41) is 2.99. The van der Waals surface area contributed by atoms with Crippen molar-refractivity contribution in [2.24, 2.45) is 11.8 Å². The molecule has 1 saturated carbocycles. The largest absolute Gasteiger partial charge is 0.273 e. The van der Waals surface area contributed by atoms with Crippen molar-refractivity contribution in [2.45, 2.75) is 26.2 Å². The van der Waals surface area contributed by atoms with E-state index in [2.05, 4.69) is 4.98 Å². The zero-order valence-electron chi connectivity index (χ0n) is 14.6. The first kappa shape index (κ1) is 16.7. The zero-order chi connectivity index (χ0) is 18.3. The molecule has 0 spiro atoms. The molecular weight excluding hydrogens is 329 g/mol. The Morgan fingerprint density at radius 1 is 1.19 bits per heavy atom. The van der Waals surface area contributed by atoms with Gasteiger partial charge in [-0.25, -0.2) is 20.2 Å². The van der Waals surface area contributed by atoms with Crippen LogP contribution in [0.1, 0.15) is 24.8 Å². The summed E-state index contributed by atoms with van der Waals surface area (Å²) in [5.74, 6) is 6.50. The van der Waals surface area contributed by atoms with Crippen LogP contribution < -0.4 is 10.9 Å². The maximum absolute atomic E-state index is 13.6. The molecule has 3 aromatic rings. The van der Waals surface area contributed by atoms with Gasteiger partial charge in [0.05, 0.1) is 0 Å². The van der Waals surface area contributed by atoms with Gasteiger partial charge in [-0.2, -0.15) is 0 Å². The number of benzene rings is 2. The minimum absolute atomic E-state index is 0.105. The third-order valence-electron chi connectivity index (χ3n) is 4.89. The number of aryl methyl sites for hydroxylation is 1. The predicted octanol–water partition coefficient (Wildman–Crippen LogP) is 4.36. The molecule has 0 bridgehead atoms. The van der Waals surface area contributed by atoms with Crippen molar-refractivity contribution in [1.29, 1.82) is 0 Å². The van der Waals surface area contributed by atoms with Gasteiger partial charge in [0.1, 0.15) is 11.6 Å². The van der Waals surface area contributed by atoms with E-state index < -0.39 is 0 Å². The van der Waals surface area contributed by atoms with Crippen molar-refractivity contribution in [1.82, 2.24) is 4.98 Å². The third-order valence-corrected chi connectivity index (χ3v) is 4.89. The number of halogens is 1. The smallest absolute Gasteiger partial charge is 0.242 e. The van der Waals surface area contributed by atoms with Crippen molar-refractivity contribution < 1.29 is 9.18 Å². The maximum atomic E-state index is 13.6. The van der Waals surface area contributed by atoms with Gasteiger partial charge in [-0.05, 0) is 72.0 Å². The molecule has 2 aromatic carbocycles. The number of hydrogen-bond donors (Lipinski definition) is 1. The van der Waals surface area contributed by atoms with E-state index in [1.165, 1.54) is 12.1 Å². The second-order valence-electron chi connectivity index (χ2n) is 6.97. The van der Waals surface area contributed by atoms with E-state index >= 15 is 0 Å². The summed E-state index contributed by atoms with van der Waals surface area (Å²) in [5.41, 5.74) is 2.80. The van der Waals surface area contributed by atoms with Crippen LogP contribution in [-0.2, 0) is 4.79 Å². The van der Waals surface area contributed by atoms with Gasteiger partial charge in [0.2, 0.25) is 5.91 Å². The molecule has 0 saturated heterocycles. The van der Waals surface area contributed by atoms with E-state index in [4.69, 9.17) is 5.84 Å². The molecule has 26 heavy (non-hydrogen) atoms. The summed E-state index contributed by atoms with van der Waals surface area (Å²) in [6.45, 7) is 1.96. The summed E-state index contributed by atoms with van der Waals surface area (Å²) in [7, 11) is 0. The number of hydrogen-bond acceptors (Lipinski definition) is 3. The van der Waals surface area contributed by atoms with Crippen molar-refractivity contribution in [3.63, 3.8) is 0 Å². The van der Waals surface area contributed by atoms with Gasteiger partial charge in [-0.15, -0.1) is 0 Å². The maximum Gasteiger partial charge on any atom is 0.242 e. The lowest BCUT2D eigenvalue weighted by Crippen LogP contribution is -2.38. The third kappa shape index (κ3) is 3.30. The van der Waals surface area contributed by atoms with E-state index in [9.17, 15) is 9.18 Å². The molecule has 0 aliphatic heterocycles. The number of pyridine rings is 1. The normalized spacial score (nSPS) is 13.8. The van der Waals surface area contributed by atoms with Crippen LogP contribution in [0.2, 0.25) is 0 Å². The molecular formula is C21H20FN3O. The van der Waals surface area contributed by atoms with E-state index in [1.54, 1.807) is 12.3 Å².